The molecule has 2 aliphatic rings. The molecule has 1 atom stereocenters. The molecule has 2 aliphatic heterocycles. The fraction of sp³-hybridized carbons (Fsp3) is 0.393. The van der Waals surface area contributed by atoms with Gasteiger partial charge in [-0.1, -0.05) is 0 Å². The van der Waals surface area contributed by atoms with E-state index in [9.17, 15) is 22.4 Å². The van der Waals surface area contributed by atoms with Crippen LogP contribution in [0.25, 0.3) is 11.1 Å². The predicted octanol–water partition coefficient (Wildman–Crippen LogP) is 4.24. The predicted molar refractivity (Wildman–Crippen MR) is 146 cm³/mol. The van der Waals surface area contributed by atoms with Crippen LogP contribution in [0.3, 0.4) is 0 Å². The monoisotopic (exact) mass is 575 g/mol. The molecule has 41 heavy (non-hydrogen) atoms. The first-order valence-corrected chi connectivity index (χ1v) is 13.3. The summed E-state index contributed by atoms with van der Waals surface area (Å²) in [5.74, 6) is -2.30. The summed E-state index contributed by atoms with van der Waals surface area (Å²) in [6, 6.07) is 4.62. The number of piperazine rings is 2. The number of likely N-dealkylation sites (N-methyl/N-ethyl adjacent to an activating group) is 1. The first-order chi connectivity index (χ1) is 19.5. The molecule has 1 aromatic heterocycles. The highest BCUT2D eigenvalue weighted by atomic mass is 19.4. The number of amides is 1. The SMILES string of the molecule is C[C@H]1CN(c2cc(F)c(-c3cnc(N4CCNCC4)nc3)cc2NC(=O)c2ccc(F)cc2C(F)(F)F)CCN1C. The van der Waals surface area contributed by atoms with Crippen LogP contribution in [-0.4, -0.2) is 79.7 Å². The first-order valence-electron chi connectivity index (χ1n) is 13.3. The number of carbonyl (C=O) groups is 1. The summed E-state index contributed by atoms with van der Waals surface area (Å²) in [6.07, 6.45) is -2.00. The zero-order chi connectivity index (χ0) is 29.3. The summed E-state index contributed by atoms with van der Waals surface area (Å²) in [7, 11) is 1.96. The summed E-state index contributed by atoms with van der Waals surface area (Å²) in [5, 5.41) is 5.79. The van der Waals surface area contributed by atoms with Gasteiger partial charge in [0.1, 0.15) is 11.6 Å². The lowest BCUT2D eigenvalue weighted by Gasteiger charge is -2.39. The van der Waals surface area contributed by atoms with Crippen LogP contribution in [0.5, 0.6) is 0 Å². The van der Waals surface area contributed by atoms with Gasteiger partial charge in [-0.2, -0.15) is 13.2 Å². The average Bonchev–Trinajstić information content (AvgIpc) is 2.95. The molecule has 0 radical (unpaired) electrons. The number of benzene rings is 2. The fourth-order valence-electron chi connectivity index (χ4n) is 5.04. The van der Waals surface area contributed by atoms with Crippen LogP contribution in [-0.2, 0) is 6.18 Å². The van der Waals surface area contributed by atoms with Crippen LogP contribution in [0.15, 0.2) is 42.7 Å². The van der Waals surface area contributed by atoms with E-state index in [1.807, 2.05) is 23.8 Å². The van der Waals surface area contributed by atoms with Crippen LogP contribution in [0.4, 0.5) is 39.3 Å². The standard InChI is InChI=1S/C28H30F5N7O/c1-17-16-40(10-9-38(17)2)25-13-23(30)21(18-14-35-27(36-15-18)39-7-5-34-6-8-39)12-24(25)37-26(41)20-4-3-19(29)11-22(20)28(31,32)33/h3-4,11-15,17,34H,5-10,16H2,1-2H3,(H,37,41)/t17-/m0/s1. The van der Waals surface area contributed by atoms with Crippen molar-refractivity contribution < 1.29 is 26.7 Å². The van der Waals surface area contributed by atoms with E-state index in [-0.39, 0.29) is 23.4 Å². The molecule has 218 valence electrons. The number of hydrogen-bond acceptors (Lipinski definition) is 7. The van der Waals surface area contributed by atoms with E-state index in [4.69, 9.17) is 0 Å². The third-order valence-corrected chi connectivity index (χ3v) is 7.51. The van der Waals surface area contributed by atoms with E-state index in [1.165, 1.54) is 24.5 Å². The number of aromatic nitrogens is 2. The number of carbonyl (C=O) groups excluding carboxylic acids is 1. The molecule has 0 aliphatic carbocycles. The van der Waals surface area contributed by atoms with Gasteiger partial charge in [0.15, 0.2) is 0 Å². The Labute approximate surface area is 234 Å². The molecule has 0 unspecified atom stereocenters. The maximum absolute atomic E-state index is 15.6. The Kier molecular flexibility index (Phi) is 8.09. The molecule has 8 nitrogen and oxygen atoms in total. The summed E-state index contributed by atoms with van der Waals surface area (Å²) >= 11 is 0. The van der Waals surface area contributed by atoms with Crippen LogP contribution < -0.4 is 20.4 Å². The van der Waals surface area contributed by atoms with Gasteiger partial charge in [0.25, 0.3) is 5.91 Å². The van der Waals surface area contributed by atoms with E-state index >= 15 is 4.39 Å². The van der Waals surface area contributed by atoms with Gasteiger partial charge in [-0.3, -0.25) is 4.79 Å². The average molecular weight is 576 g/mol. The summed E-state index contributed by atoms with van der Waals surface area (Å²) in [6.45, 7) is 6.71. The lowest BCUT2D eigenvalue weighted by atomic mass is 10.0. The third-order valence-electron chi connectivity index (χ3n) is 7.51. The number of alkyl halides is 3. The molecule has 5 rings (SSSR count). The van der Waals surface area contributed by atoms with Crippen LogP contribution in [0.1, 0.15) is 22.8 Å². The molecule has 2 fully saturated rings. The Balaban J connectivity index is 1.52. The Bertz CT molecular complexity index is 1410. The van der Waals surface area contributed by atoms with E-state index in [1.54, 1.807) is 0 Å². The topological polar surface area (TPSA) is 76.6 Å². The Morgan fingerprint density at radius 1 is 1.00 bits per heavy atom. The second-order valence-corrected chi connectivity index (χ2v) is 10.3. The number of hydrogen-bond donors (Lipinski definition) is 2. The lowest BCUT2D eigenvalue weighted by Crippen LogP contribution is -2.50. The largest absolute Gasteiger partial charge is 0.417 e. The number of rotatable bonds is 5. The zero-order valence-electron chi connectivity index (χ0n) is 22.6. The second kappa shape index (κ2) is 11.6. The van der Waals surface area contributed by atoms with Gasteiger partial charge in [0.2, 0.25) is 5.95 Å². The van der Waals surface area contributed by atoms with Crippen LogP contribution >= 0.6 is 0 Å². The molecular formula is C28H30F5N7O. The molecule has 2 N–H and O–H groups in total. The van der Waals surface area contributed by atoms with Gasteiger partial charge in [0.05, 0.1) is 22.5 Å². The van der Waals surface area contributed by atoms with Crippen molar-refractivity contribution in [1.29, 1.82) is 0 Å². The third kappa shape index (κ3) is 6.25. The van der Waals surface area contributed by atoms with Crippen molar-refractivity contribution in [3.63, 3.8) is 0 Å². The summed E-state index contributed by atoms with van der Waals surface area (Å²) < 4.78 is 70.2. The maximum atomic E-state index is 15.6. The highest BCUT2D eigenvalue weighted by Gasteiger charge is 2.36. The summed E-state index contributed by atoms with van der Waals surface area (Å²) in [4.78, 5) is 28.0. The second-order valence-electron chi connectivity index (χ2n) is 10.3. The zero-order valence-corrected chi connectivity index (χ0v) is 22.6. The maximum Gasteiger partial charge on any atom is 0.417 e. The van der Waals surface area contributed by atoms with Crippen LogP contribution in [0, 0.1) is 11.6 Å². The van der Waals surface area contributed by atoms with E-state index in [2.05, 4.69) is 25.5 Å². The first kappa shape index (κ1) is 28.7. The molecule has 2 saturated heterocycles. The quantitative estimate of drug-likeness (QED) is 0.441. The molecule has 1 amide bonds. The molecule has 3 aromatic rings. The van der Waals surface area contributed by atoms with E-state index in [0.29, 0.717) is 36.8 Å². The van der Waals surface area contributed by atoms with Gasteiger partial charge in [-0.15, -0.1) is 0 Å². The Hall–Kier alpha value is -3.84. The van der Waals surface area contributed by atoms with Crippen molar-refractivity contribution in [3.8, 4) is 11.1 Å². The molecular weight excluding hydrogens is 545 g/mol. The van der Waals surface area contributed by atoms with Gasteiger partial charge < -0.3 is 25.3 Å². The van der Waals surface area contributed by atoms with Gasteiger partial charge in [0, 0.05) is 75.4 Å². The van der Waals surface area contributed by atoms with Gasteiger partial charge >= 0.3 is 6.18 Å². The molecule has 13 heteroatoms. The minimum absolute atomic E-state index is 0.0771. The highest BCUT2D eigenvalue weighted by molar-refractivity contribution is 6.07. The molecule has 2 aromatic carbocycles. The van der Waals surface area contributed by atoms with Crippen molar-refractivity contribution >= 4 is 23.2 Å². The molecule has 0 saturated carbocycles. The lowest BCUT2D eigenvalue weighted by molar-refractivity contribution is -0.138. The smallest absolute Gasteiger partial charge is 0.367 e. The van der Waals surface area contributed by atoms with E-state index in [0.717, 1.165) is 38.3 Å². The normalized spacial score (nSPS) is 18.5. The van der Waals surface area contributed by atoms with Crippen molar-refractivity contribution in [3.05, 3.63) is 65.5 Å². The number of halogens is 5. The number of anilines is 3. The van der Waals surface area contributed by atoms with E-state index < -0.39 is 34.8 Å². The molecule has 0 bridgehead atoms. The fourth-order valence-corrected chi connectivity index (χ4v) is 5.04. The van der Waals surface area contributed by atoms with Crippen LogP contribution in [0.2, 0.25) is 0 Å². The van der Waals surface area contributed by atoms with Gasteiger partial charge in [-0.05, 0) is 44.3 Å². The molecule has 3 heterocycles. The van der Waals surface area contributed by atoms with Crippen molar-refractivity contribution in [1.82, 2.24) is 20.2 Å². The van der Waals surface area contributed by atoms with Crippen molar-refractivity contribution in [2.45, 2.75) is 19.1 Å². The highest BCUT2D eigenvalue weighted by Crippen LogP contribution is 2.37. The van der Waals surface area contributed by atoms with Crippen molar-refractivity contribution in [2.75, 3.05) is 68.0 Å². The Morgan fingerprint density at radius 2 is 1.71 bits per heavy atom. The minimum Gasteiger partial charge on any atom is -0.367 e. The van der Waals surface area contributed by atoms with Crippen molar-refractivity contribution in [2.24, 2.45) is 0 Å². The van der Waals surface area contributed by atoms with Gasteiger partial charge in [-0.25, -0.2) is 18.7 Å². The Morgan fingerprint density at radius 3 is 2.37 bits per heavy atom. The number of nitrogens with one attached hydrogen (secondary N) is 2. The number of nitrogens with zero attached hydrogens (tertiary/aromatic N) is 5. The minimum atomic E-state index is -4.96. The molecule has 0 spiro atoms. The summed E-state index contributed by atoms with van der Waals surface area (Å²) in [5.41, 5.74) is -1.28.